The minimum atomic E-state index is -0.125. The van der Waals surface area contributed by atoms with Gasteiger partial charge in [-0.2, -0.15) is 0 Å². The molecule has 2 aromatic carbocycles. The molecule has 0 spiro atoms. The number of halogens is 1. The highest BCUT2D eigenvalue weighted by Gasteiger charge is 2.33. The van der Waals surface area contributed by atoms with Crippen LogP contribution in [0, 0.1) is 5.92 Å². The fourth-order valence-electron chi connectivity index (χ4n) is 2.88. The second kappa shape index (κ2) is 8.26. The normalized spacial score (nSPS) is 14.6. The van der Waals surface area contributed by atoms with E-state index in [4.69, 9.17) is 16.3 Å². The van der Waals surface area contributed by atoms with Crippen LogP contribution in [-0.4, -0.2) is 19.7 Å². The van der Waals surface area contributed by atoms with Crippen molar-refractivity contribution in [2.75, 3.05) is 13.7 Å². The predicted octanol–water partition coefficient (Wildman–Crippen LogP) is 4.34. The number of rotatable bonds is 7. The van der Waals surface area contributed by atoms with E-state index in [1.165, 1.54) is 0 Å². The molecule has 1 unspecified atom stereocenters. The Kier molecular flexibility index (Phi) is 5.82. The van der Waals surface area contributed by atoms with Gasteiger partial charge in [-0.05, 0) is 60.6 Å². The number of methoxy groups -OCH3 is 1. The van der Waals surface area contributed by atoms with Crippen molar-refractivity contribution in [3.8, 4) is 5.75 Å². The molecule has 4 nitrogen and oxygen atoms in total. The predicted molar refractivity (Wildman–Crippen MR) is 100 cm³/mol. The summed E-state index contributed by atoms with van der Waals surface area (Å²) in [5, 5.41) is 6.76. The van der Waals surface area contributed by atoms with Gasteiger partial charge in [-0.1, -0.05) is 35.9 Å². The topological polar surface area (TPSA) is 50.4 Å². The van der Waals surface area contributed by atoms with E-state index in [0.29, 0.717) is 17.5 Å². The fourth-order valence-corrected chi connectivity index (χ4v) is 3.00. The maximum atomic E-state index is 12.2. The first kappa shape index (κ1) is 17.6. The van der Waals surface area contributed by atoms with Crippen LogP contribution in [0.5, 0.6) is 5.75 Å². The molecule has 132 valence electrons. The molecule has 3 rings (SSSR count). The van der Waals surface area contributed by atoms with Crippen LogP contribution >= 0.6 is 11.6 Å². The van der Waals surface area contributed by atoms with E-state index in [1.807, 2.05) is 48.5 Å². The number of carbonyl (C=O) groups excluding carboxylic acids is 1. The highest BCUT2D eigenvalue weighted by Crippen LogP contribution is 2.41. The fraction of sp³-hybridized carbons (Fsp3) is 0.350. The molecule has 0 radical (unpaired) electrons. The number of nitrogens with one attached hydrogen (secondary N) is 2. The minimum Gasteiger partial charge on any atom is -0.497 e. The monoisotopic (exact) mass is 358 g/mol. The van der Waals surface area contributed by atoms with Gasteiger partial charge in [-0.15, -0.1) is 0 Å². The van der Waals surface area contributed by atoms with E-state index in [-0.39, 0.29) is 12.1 Å². The Bertz CT molecular complexity index is 697. The lowest BCUT2D eigenvalue weighted by atomic mass is 10.0. The molecular weight excluding hydrogens is 336 g/mol. The Morgan fingerprint density at radius 1 is 1.16 bits per heavy atom. The van der Waals surface area contributed by atoms with E-state index in [0.717, 1.165) is 36.1 Å². The molecule has 1 fully saturated rings. The van der Waals surface area contributed by atoms with Crippen LogP contribution in [0.25, 0.3) is 0 Å². The van der Waals surface area contributed by atoms with Crippen molar-refractivity contribution in [3.63, 3.8) is 0 Å². The maximum absolute atomic E-state index is 12.2. The molecule has 1 aliphatic carbocycles. The molecule has 2 N–H and O–H groups in total. The third kappa shape index (κ3) is 5.13. The molecule has 0 saturated heterocycles. The number of amides is 2. The van der Waals surface area contributed by atoms with Gasteiger partial charge in [0.25, 0.3) is 0 Å². The first-order valence-electron chi connectivity index (χ1n) is 8.58. The molecule has 1 saturated carbocycles. The summed E-state index contributed by atoms with van der Waals surface area (Å²) in [6, 6.07) is 15.5. The molecule has 25 heavy (non-hydrogen) atoms. The van der Waals surface area contributed by atoms with E-state index in [9.17, 15) is 4.79 Å². The molecule has 0 aromatic heterocycles. The highest BCUT2D eigenvalue weighted by atomic mass is 35.5. The first-order chi connectivity index (χ1) is 12.2. The lowest BCUT2D eigenvalue weighted by Gasteiger charge is -2.19. The average molecular weight is 359 g/mol. The Balaban J connectivity index is 1.49. The Labute approximate surface area is 153 Å². The van der Waals surface area contributed by atoms with Crippen molar-refractivity contribution >= 4 is 17.6 Å². The zero-order valence-corrected chi connectivity index (χ0v) is 15.1. The van der Waals surface area contributed by atoms with Gasteiger partial charge in [0, 0.05) is 11.6 Å². The number of carbonyl (C=O) groups is 1. The summed E-state index contributed by atoms with van der Waals surface area (Å²) in [4.78, 5) is 12.2. The van der Waals surface area contributed by atoms with Crippen molar-refractivity contribution in [1.82, 2.24) is 10.6 Å². The Morgan fingerprint density at radius 3 is 2.44 bits per heavy atom. The number of urea groups is 1. The minimum absolute atomic E-state index is 0.0539. The van der Waals surface area contributed by atoms with Crippen molar-refractivity contribution in [2.24, 2.45) is 5.92 Å². The lowest BCUT2D eigenvalue weighted by Crippen LogP contribution is -2.39. The maximum Gasteiger partial charge on any atom is 0.315 e. The van der Waals surface area contributed by atoms with Gasteiger partial charge >= 0.3 is 6.03 Å². The number of hydrogen-bond donors (Lipinski definition) is 2. The van der Waals surface area contributed by atoms with Crippen LogP contribution in [-0.2, 0) is 6.42 Å². The summed E-state index contributed by atoms with van der Waals surface area (Å²) in [6.45, 7) is 0.593. The molecule has 1 aliphatic rings. The van der Waals surface area contributed by atoms with Crippen LogP contribution in [0.4, 0.5) is 4.79 Å². The van der Waals surface area contributed by atoms with Crippen LogP contribution in [0.3, 0.4) is 0 Å². The third-order valence-corrected chi connectivity index (χ3v) is 4.72. The summed E-state index contributed by atoms with van der Waals surface area (Å²) in [7, 11) is 1.65. The molecule has 5 heteroatoms. The SMILES string of the molecule is COc1ccc(CCNC(=O)NC(c2ccc(Cl)cc2)C2CC2)cc1. The summed E-state index contributed by atoms with van der Waals surface area (Å²) in [5.41, 5.74) is 2.27. The van der Waals surface area contributed by atoms with Gasteiger partial charge in [0.2, 0.25) is 0 Å². The van der Waals surface area contributed by atoms with E-state index in [2.05, 4.69) is 10.6 Å². The smallest absolute Gasteiger partial charge is 0.315 e. The molecule has 0 aliphatic heterocycles. The Morgan fingerprint density at radius 2 is 1.84 bits per heavy atom. The number of hydrogen-bond acceptors (Lipinski definition) is 2. The third-order valence-electron chi connectivity index (χ3n) is 4.47. The summed E-state index contributed by atoms with van der Waals surface area (Å²) in [6.07, 6.45) is 3.09. The van der Waals surface area contributed by atoms with Crippen molar-refractivity contribution in [2.45, 2.75) is 25.3 Å². The molecular formula is C20H23ClN2O2. The highest BCUT2D eigenvalue weighted by molar-refractivity contribution is 6.30. The van der Waals surface area contributed by atoms with E-state index < -0.39 is 0 Å². The second-order valence-electron chi connectivity index (χ2n) is 6.36. The van der Waals surface area contributed by atoms with Crippen LogP contribution in [0.15, 0.2) is 48.5 Å². The van der Waals surface area contributed by atoms with E-state index in [1.54, 1.807) is 7.11 Å². The average Bonchev–Trinajstić information content (AvgIpc) is 3.46. The summed E-state index contributed by atoms with van der Waals surface area (Å²) in [5.74, 6) is 1.36. The van der Waals surface area contributed by atoms with Gasteiger partial charge in [0.05, 0.1) is 13.2 Å². The zero-order chi connectivity index (χ0) is 17.6. The quantitative estimate of drug-likeness (QED) is 0.773. The van der Waals surface area contributed by atoms with Crippen molar-refractivity contribution < 1.29 is 9.53 Å². The summed E-state index contributed by atoms with van der Waals surface area (Å²) >= 11 is 5.96. The van der Waals surface area contributed by atoms with Gasteiger partial charge in [0.15, 0.2) is 0 Å². The molecule has 0 bridgehead atoms. The lowest BCUT2D eigenvalue weighted by molar-refractivity contribution is 0.235. The second-order valence-corrected chi connectivity index (χ2v) is 6.80. The van der Waals surface area contributed by atoms with Gasteiger partial charge in [0.1, 0.15) is 5.75 Å². The first-order valence-corrected chi connectivity index (χ1v) is 8.96. The Hall–Kier alpha value is -2.20. The molecule has 0 heterocycles. The van der Waals surface area contributed by atoms with Crippen LogP contribution in [0.1, 0.15) is 30.0 Å². The molecule has 2 amide bonds. The number of benzene rings is 2. The standard InChI is InChI=1S/C20H23ClN2O2/c1-25-18-10-2-14(3-11-18)12-13-22-20(24)23-19(15-4-5-15)16-6-8-17(21)9-7-16/h2-3,6-11,15,19H,4-5,12-13H2,1H3,(H2,22,23,24). The molecule has 1 atom stereocenters. The van der Waals surface area contributed by atoms with E-state index >= 15 is 0 Å². The van der Waals surface area contributed by atoms with Gasteiger partial charge in [-0.3, -0.25) is 0 Å². The zero-order valence-electron chi connectivity index (χ0n) is 14.3. The number of ether oxygens (including phenoxy) is 1. The summed E-state index contributed by atoms with van der Waals surface area (Å²) < 4.78 is 5.15. The van der Waals surface area contributed by atoms with Gasteiger partial charge in [-0.25, -0.2) is 4.79 Å². The van der Waals surface area contributed by atoms with Crippen molar-refractivity contribution in [3.05, 3.63) is 64.7 Å². The largest absolute Gasteiger partial charge is 0.497 e. The van der Waals surface area contributed by atoms with Crippen LogP contribution < -0.4 is 15.4 Å². The van der Waals surface area contributed by atoms with Crippen LogP contribution in [0.2, 0.25) is 5.02 Å². The van der Waals surface area contributed by atoms with Gasteiger partial charge < -0.3 is 15.4 Å². The van der Waals surface area contributed by atoms with Crippen molar-refractivity contribution in [1.29, 1.82) is 0 Å². The molecule has 2 aromatic rings.